The van der Waals surface area contributed by atoms with Crippen molar-refractivity contribution >= 4 is 22.8 Å². The number of hydrogen-bond donors (Lipinski definition) is 0. The molecule has 8 heteroatoms. The van der Waals surface area contributed by atoms with Gasteiger partial charge in [0, 0.05) is 50.4 Å². The molecule has 0 atom stereocenters. The Bertz CT molecular complexity index is 1660. The minimum atomic E-state index is -0.610. The van der Waals surface area contributed by atoms with Crippen LogP contribution in [0.2, 0.25) is 0 Å². The van der Waals surface area contributed by atoms with Crippen LogP contribution in [0.3, 0.4) is 0 Å². The fraction of sp³-hybridized carbons (Fsp3) is 0.364. The summed E-state index contributed by atoms with van der Waals surface area (Å²) in [6.45, 7) is 9.44. The maximum Gasteiger partial charge on any atom is 0.158 e. The Morgan fingerprint density at radius 1 is 0.346 bits per heavy atom. The molecular formula is C44H54N4O4. The van der Waals surface area contributed by atoms with Crippen LogP contribution >= 0.6 is 0 Å². The molecule has 0 unspecified atom stereocenters. The molecule has 4 aromatic rings. The number of methoxy groups -OCH3 is 4. The summed E-state index contributed by atoms with van der Waals surface area (Å²) in [7, 11) is 15.9. The lowest BCUT2D eigenvalue weighted by atomic mass is 9.72. The lowest BCUT2D eigenvalue weighted by Crippen LogP contribution is -2.79. The van der Waals surface area contributed by atoms with Gasteiger partial charge in [-0.05, 0) is 109 Å². The number of ether oxygens (including phenoxy) is 4. The van der Waals surface area contributed by atoms with Gasteiger partial charge in [0.25, 0.3) is 0 Å². The van der Waals surface area contributed by atoms with Gasteiger partial charge in [0.05, 0.1) is 51.2 Å². The van der Waals surface area contributed by atoms with Crippen molar-refractivity contribution in [2.45, 2.75) is 39.0 Å². The second kappa shape index (κ2) is 14.1. The Balaban J connectivity index is 1.66. The molecule has 0 radical (unpaired) electrons. The van der Waals surface area contributed by atoms with Crippen LogP contribution in [0.15, 0.2) is 97.1 Å². The first-order valence-corrected chi connectivity index (χ1v) is 17.9. The number of rotatable bonds is 11. The van der Waals surface area contributed by atoms with E-state index < -0.39 is 11.3 Å². The second-order valence-corrected chi connectivity index (χ2v) is 14.3. The van der Waals surface area contributed by atoms with E-state index in [1.165, 1.54) is 0 Å². The standard InChI is InChI=1S/C44H54N4O4/c1-29(2)43(45(5)39(31-13-21-35(49-9)22-14-31)40(46(43)6)32-15-23-36(50-10)24-16-32)44(30(3)4)47(7)41(33-17-25-37(51-11)26-18-33)42(48(44)8)34-19-27-38(52-12)28-20-34/h13-30H,1-12H3. The summed E-state index contributed by atoms with van der Waals surface area (Å²) in [5.41, 5.74) is 7.83. The lowest BCUT2D eigenvalue weighted by molar-refractivity contribution is -0.171. The van der Waals surface area contributed by atoms with Gasteiger partial charge in [0.1, 0.15) is 23.0 Å². The maximum absolute atomic E-state index is 5.60. The average Bonchev–Trinajstić information content (AvgIpc) is 3.54. The first-order chi connectivity index (χ1) is 24.9. The van der Waals surface area contributed by atoms with Gasteiger partial charge in [-0.1, -0.05) is 27.7 Å². The Morgan fingerprint density at radius 2 is 0.519 bits per heavy atom. The highest BCUT2D eigenvalue weighted by Gasteiger charge is 2.70. The molecule has 0 aromatic heterocycles. The monoisotopic (exact) mass is 702 g/mol. The maximum atomic E-state index is 5.60. The summed E-state index contributed by atoms with van der Waals surface area (Å²) < 4.78 is 22.4. The van der Waals surface area contributed by atoms with E-state index in [0.29, 0.717) is 0 Å². The normalized spacial score (nSPS) is 16.8. The van der Waals surface area contributed by atoms with Gasteiger partial charge in [0.15, 0.2) is 11.3 Å². The summed E-state index contributed by atoms with van der Waals surface area (Å²) >= 11 is 0. The van der Waals surface area contributed by atoms with Crippen molar-refractivity contribution < 1.29 is 18.9 Å². The van der Waals surface area contributed by atoms with Crippen LogP contribution in [0.5, 0.6) is 23.0 Å². The van der Waals surface area contributed by atoms with E-state index in [1.54, 1.807) is 28.4 Å². The number of likely N-dealkylation sites (N-methyl/N-ethyl adjacent to an activating group) is 4. The van der Waals surface area contributed by atoms with Crippen LogP contribution in [0.1, 0.15) is 49.9 Å². The average molecular weight is 703 g/mol. The van der Waals surface area contributed by atoms with Crippen molar-refractivity contribution in [1.29, 1.82) is 0 Å². The zero-order valence-electron chi connectivity index (χ0n) is 32.8. The molecule has 0 bridgehead atoms. The molecular weight excluding hydrogens is 649 g/mol. The minimum absolute atomic E-state index is 0.131. The molecule has 0 fully saturated rings. The quantitative estimate of drug-likeness (QED) is 0.154. The molecule has 0 saturated heterocycles. The largest absolute Gasteiger partial charge is 0.497 e. The molecule has 52 heavy (non-hydrogen) atoms. The van der Waals surface area contributed by atoms with Gasteiger partial charge in [-0.25, -0.2) is 0 Å². The fourth-order valence-corrected chi connectivity index (χ4v) is 9.47. The Hall–Kier alpha value is -5.24. The number of nitrogens with zero attached hydrogens (tertiary/aromatic N) is 4. The second-order valence-electron chi connectivity index (χ2n) is 14.3. The van der Waals surface area contributed by atoms with Crippen LogP contribution in [0, 0.1) is 11.8 Å². The van der Waals surface area contributed by atoms with Crippen molar-refractivity contribution in [2.75, 3.05) is 56.6 Å². The van der Waals surface area contributed by atoms with Gasteiger partial charge in [-0.2, -0.15) is 0 Å². The summed E-state index contributed by atoms with van der Waals surface area (Å²) in [5, 5.41) is 0. The van der Waals surface area contributed by atoms with E-state index >= 15 is 0 Å². The minimum Gasteiger partial charge on any atom is -0.497 e. The molecule has 6 rings (SSSR count). The molecule has 0 saturated carbocycles. The Labute approximate surface area is 310 Å². The fourth-order valence-electron chi connectivity index (χ4n) is 9.47. The zero-order valence-corrected chi connectivity index (χ0v) is 32.8. The SMILES string of the molecule is COc1ccc(C2=C(c3ccc(OC)cc3)N(C)C(C(C)C)(C3(C(C)C)N(C)C(c4ccc(OC)cc4)=C(c4ccc(OC)cc4)N3C)N2C)cc1. The van der Waals surface area contributed by atoms with Gasteiger partial charge >= 0.3 is 0 Å². The molecule has 2 heterocycles. The predicted molar refractivity (Wildman–Crippen MR) is 212 cm³/mol. The highest BCUT2D eigenvalue weighted by Crippen LogP contribution is 2.62. The summed E-state index contributed by atoms with van der Waals surface area (Å²) in [5.74, 6) is 3.56. The van der Waals surface area contributed by atoms with E-state index in [0.717, 1.165) is 68.0 Å². The van der Waals surface area contributed by atoms with E-state index in [1.807, 2.05) is 48.5 Å². The van der Waals surface area contributed by atoms with Crippen LogP contribution in [0.4, 0.5) is 0 Å². The molecule has 2 aliphatic rings. The Kier molecular flexibility index (Phi) is 9.88. The lowest BCUT2D eigenvalue weighted by Gasteiger charge is -2.64. The molecule has 0 spiro atoms. The predicted octanol–water partition coefficient (Wildman–Crippen LogP) is 8.53. The molecule has 2 aliphatic heterocycles. The van der Waals surface area contributed by atoms with Crippen LogP contribution in [0.25, 0.3) is 22.8 Å². The van der Waals surface area contributed by atoms with E-state index in [-0.39, 0.29) is 11.8 Å². The summed E-state index contributed by atoms with van der Waals surface area (Å²) in [6, 6.07) is 33.8. The first kappa shape index (κ1) is 36.5. The number of hydrogen-bond acceptors (Lipinski definition) is 8. The van der Waals surface area contributed by atoms with Crippen molar-refractivity contribution in [2.24, 2.45) is 11.8 Å². The summed E-state index contributed by atoms with van der Waals surface area (Å²) in [4.78, 5) is 10.2. The molecule has 0 aliphatic carbocycles. The van der Waals surface area contributed by atoms with Crippen molar-refractivity contribution in [3.63, 3.8) is 0 Å². The molecule has 8 nitrogen and oxygen atoms in total. The third-order valence-electron chi connectivity index (χ3n) is 11.4. The van der Waals surface area contributed by atoms with Gasteiger partial charge in [-0.15, -0.1) is 0 Å². The van der Waals surface area contributed by atoms with Crippen LogP contribution in [-0.4, -0.2) is 87.6 Å². The van der Waals surface area contributed by atoms with Crippen molar-refractivity contribution in [1.82, 2.24) is 19.6 Å². The highest BCUT2D eigenvalue weighted by molar-refractivity contribution is 5.95. The van der Waals surface area contributed by atoms with Gasteiger partial charge in [0.2, 0.25) is 0 Å². The summed E-state index contributed by atoms with van der Waals surface area (Å²) in [6.07, 6.45) is 0. The van der Waals surface area contributed by atoms with Crippen molar-refractivity contribution in [3.05, 3.63) is 119 Å². The molecule has 0 N–H and O–H groups in total. The third kappa shape index (κ3) is 5.25. The molecule has 4 aromatic carbocycles. The topological polar surface area (TPSA) is 49.9 Å². The highest BCUT2D eigenvalue weighted by atomic mass is 16.5. The third-order valence-corrected chi connectivity index (χ3v) is 11.4. The smallest absolute Gasteiger partial charge is 0.158 e. The van der Waals surface area contributed by atoms with Gasteiger partial charge < -0.3 is 38.5 Å². The molecule has 0 amide bonds. The van der Waals surface area contributed by atoms with Crippen LogP contribution in [-0.2, 0) is 0 Å². The van der Waals surface area contributed by atoms with Crippen LogP contribution < -0.4 is 18.9 Å². The van der Waals surface area contributed by atoms with E-state index in [9.17, 15) is 0 Å². The number of benzene rings is 4. The van der Waals surface area contributed by atoms with E-state index in [4.69, 9.17) is 18.9 Å². The van der Waals surface area contributed by atoms with E-state index in [2.05, 4.69) is 124 Å². The first-order valence-electron chi connectivity index (χ1n) is 17.9. The van der Waals surface area contributed by atoms with Gasteiger partial charge in [-0.3, -0.25) is 0 Å². The zero-order chi connectivity index (χ0) is 37.5. The Morgan fingerprint density at radius 3 is 0.654 bits per heavy atom. The molecule has 274 valence electrons. The van der Waals surface area contributed by atoms with Crippen molar-refractivity contribution in [3.8, 4) is 23.0 Å².